The lowest BCUT2D eigenvalue weighted by atomic mass is 9.78. The smallest absolute Gasteiger partial charge is 0.0736 e. The van der Waals surface area contributed by atoms with Crippen LogP contribution in [-0.4, -0.2) is 43.4 Å². The summed E-state index contributed by atoms with van der Waals surface area (Å²) in [7, 11) is 0. The quantitative estimate of drug-likeness (QED) is 0.745. The molecule has 0 radical (unpaired) electrons. The molecule has 0 aromatic heterocycles. The van der Waals surface area contributed by atoms with E-state index in [1.807, 2.05) is 0 Å². The Labute approximate surface area is 141 Å². The highest BCUT2D eigenvalue weighted by Crippen LogP contribution is 2.42. The average Bonchev–Trinajstić information content (AvgIpc) is 2.95. The Kier molecular flexibility index (Phi) is 5.73. The zero-order valence-corrected chi connectivity index (χ0v) is 14.7. The van der Waals surface area contributed by atoms with Gasteiger partial charge in [-0.15, -0.1) is 0 Å². The Balaban J connectivity index is 1.51. The maximum Gasteiger partial charge on any atom is 0.0736 e. The first-order chi connectivity index (χ1) is 11.2. The lowest BCUT2D eigenvalue weighted by Gasteiger charge is -2.42. The molecule has 2 fully saturated rings. The van der Waals surface area contributed by atoms with Gasteiger partial charge >= 0.3 is 0 Å². The summed E-state index contributed by atoms with van der Waals surface area (Å²) >= 11 is 0. The Hall–Kier alpha value is -0.900. The maximum absolute atomic E-state index is 6.26. The first-order valence-electron chi connectivity index (χ1n) is 9.21. The molecule has 23 heavy (non-hydrogen) atoms. The molecule has 1 atom stereocenters. The topological polar surface area (TPSA) is 21.7 Å². The van der Waals surface area contributed by atoms with Crippen LogP contribution in [0.4, 0.5) is 0 Å². The molecular weight excluding hydrogens is 286 g/mol. The highest BCUT2D eigenvalue weighted by Gasteiger charge is 2.45. The van der Waals surface area contributed by atoms with E-state index < -0.39 is 0 Å². The first-order valence-corrected chi connectivity index (χ1v) is 9.21. The predicted octanol–water partition coefficient (Wildman–Crippen LogP) is 3.79. The van der Waals surface area contributed by atoms with Gasteiger partial charge in [0.25, 0.3) is 0 Å². The Morgan fingerprint density at radius 1 is 1.22 bits per heavy atom. The van der Waals surface area contributed by atoms with E-state index in [4.69, 9.17) is 9.47 Å². The van der Waals surface area contributed by atoms with E-state index in [1.165, 1.54) is 30.4 Å². The van der Waals surface area contributed by atoms with E-state index in [0.29, 0.717) is 5.92 Å². The zero-order valence-electron chi connectivity index (χ0n) is 14.7. The number of benzene rings is 1. The van der Waals surface area contributed by atoms with Crippen molar-refractivity contribution in [1.29, 1.82) is 0 Å². The largest absolute Gasteiger partial charge is 0.382 e. The molecule has 1 spiro atoms. The first kappa shape index (κ1) is 16.9. The van der Waals surface area contributed by atoms with Crippen molar-refractivity contribution in [1.82, 2.24) is 4.90 Å². The summed E-state index contributed by atoms with van der Waals surface area (Å²) in [6, 6.07) is 8.95. The van der Waals surface area contributed by atoms with Crippen molar-refractivity contribution in [2.75, 3.05) is 32.9 Å². The molecule has 1 aromatic carbocycles. The average molecular weight is 317 g/mol. The summed E-state index contributed by atoms with van der Waals surface area (Å²) in [6.07, 6.45) is 4.72. The van der Waals surface area contributed by atoms with E-state index in [0.717, 1.165) is 45.9 Å². The van der Waals surface area contributed by atoms with Gasteiger partial charge in [0.1, 0.15) is 0 Å². The summed E-state index contributed by atoms with van der Waals surface area (Å²) in [5.74, 6) is 0.690. The van der Waals surface area contributed by atoms with Crippen LogP contribution in [0.15, 0.2) is 24.3 Å². The minimum atomic E-state index is 0.140. The van der Waals surface area contributed by atoms with Gasteiger partial charge in [-0.2, -0.15) is 0 Å². The van der Waals surface area contributed by atoms with Crippen molar-refractivity contribution >= 4 is 0 Å². The van der Waals surface area contributed by atoms with Crippen molar-refractivity contribution < 1.29 is 9.47 Å². The molecule has 2 aliphatic heterocycles. The van der Waals surface area contributed by atoms with Crippen LogP contribution in [0, 0.1) is 12.8 Å². The number of rotatable bonds is 6. The van der Waals surface area contributed by atoms with E-state index in [2.05, 4.69) is 43.0 Å². The lowest BCUT2D eigenvalue weighted by molar-refractivity contribution is -0.0728. The van der Waals surface area contributed by atoms with Crippen LogP contribution < -0.4 is 0 Å². The molecule has 1 aromatic rings. The molecule has 0 unspecified atom stereocenters. The highest BCUT2D eigenvalue weighted by molar-refractivity contribution is 5.21. The fourth-order valence-corrected chi connectivity index (χ4v) is 4.16. The molecule has 0 bridgehead atoms. The molecule has 0 amide bonds. The summed E-state index contributed by atoms with van der Waals surface area (Å²) in [4.78, 5) is 2.58. The van der Waals surface area contributed by atoms with Crippen LogP contribution in [0.3, 0.4) is 0 Å². The predicted molar refractivity (Wildman–Crippen MR) is 93.6 cm³/mol. The Morgan fingerprint density at radius 3 is 2.65 bits per heavy atom. The minimum Gasteiger partial charge on any atom is -0.382 e. The number of aryl methyl sites for hydroxylation is 1. The number of ether oxygens (including phenoxy) is 2. The summed E-state index contributed by atoms with van der Waals surface area (Å²) in [5, 5.41) is 0. The van der Waals surface area contributed by atoms with Gasteiger partial charge in [-0.05, 0) is 51.0 Å². The molecule has 0 saturated carbocycles. The van der Waals surface area contributed by atoms with Crippen LogP contribution in [0.5, 0.6) is 0 Å². The molecule has 128 valence electrons. The summed E-state index contributed by atoms with van der Waals surface area (Å²) in [6.45, 7) is 10.2. The highest BCUT2D eigenvalue weighted by atomic mass is 16.5. The maximum atomic E-state index is 6.26. The van der Waals surface area contributed by atoms with Crippen LogP contribution in [-0.2, 0) is 16.0 Å². The number of likely N-dealkylation sites (tertiary alicyclic amines) is 1. The second-order valence-corrected chi connectivity index (χ2v) is 7.15. The zero-order chi connectivity index (χ0) is 16.1. The van der Waals surface area contributed by atoms with Crippen molar-refractivity contribution in [2.45, 2.75) is 51.7 Å². The molecule has 0 aliphatic carbocycles. The van der Waals surface area contributed by atoms with Crippen LogP contribution in [0.1, 0.15) is 43.7 Å². The fourth-order valence-electron chi connectivity index (χ4n) is 4.16. The van der Waals surface area contributed by atoms with E-state index >= 15 is 0 Å². The standard InChI is InChI=1S/C20H31NO2/c1-3-22-14-8-19-9-15-23-20(19)10-12-21(13-11-20)16-18-6-4-17(2)5-7-18/h4-7,19H,3,8-16H2,1-2H3/t19-/m0/s1. The van der Waals surface area contributed by atoms with Crippen molar-refractivity contribution in [3.05, 3.63) is 35.4 Å². The fraction of sp³-hybridized carbons (Fsp3) is 0.700. The molecular formula is C20H31NO2. The summed E-state index contributed by atoms with van der Waals surface area (Å²) < 4.78 is 11.8. The third-order valence-corrected chi connectivity index (χ3v) is 5.64. The Morgan fingerprint density at radius 2 is 1.96 bits per heavy atom. The molecule has 2 aliphatic rings. The van der Waals surface area contributed by atoms with Gasteiger partial charge in [-0.1, -0.05) is 29.8 Å². The second-order valence-electron chi connectivity index (χ2n) is 7.15. The number of nitrogens with zero attached hydrogens (tertiary/aromatic N) is 1. The van der Waals surface area contributed by atoms with Crippen LogP contribution in [0.25, 0.3) is 0 Å². The van der Waals surface area contributed by atoms with Gasteiger partial charge in [0.05, 0.1) is 5.60 Å². The van der Waals surface area contributed by atoms with Gasteiger partial charge in [-0.3, -0.25) is 4.90 Å². The van der Waals surface area contributed by atoms with Crippen LogP contribution in [0.2, 0.25) is 0 Å². The minimum absolute atomic E-state index is 0.140. The van der Waals surface area contributed by atoms with E-state index in [-0.39, 0.29) is 5.60 Å². The number of hydrogen-bond acceptors (Lipinski definition) is 3. The second kappa shape index (κ2) is 7.78. The van der Waals surface area contributed by atoms with Crippen LogP contribution >= 0.6 is 0 Å². The SMILES string of the molecule is CCOCC[C@H]1CCOC12CCN(Cc1ccc(C)cc1)CC2. The van der Waals surface area contributed by atoms with Gasteiger partial charge in [0.2, 0.25) is 0 Å². The molecule has 2 saturated heterocycles. The van der Waals surface area contributed by atoms with Gasteiger partial charge in [-0.25, -0.2) is 0 Å². The van der Waals surface area contributed by atoms with Crippen molar-refractivity contribution in [3.63, 3.8) is 0 Å². The molecule has 3 rings (SSSR count). The van der Waals surface area contributed by atoms with E-state index in [9.17, 15) is 0 Å². The molecule has 3 heteroatoms. The molecule has 3 nitrogen and oxygen atoms in total. The monoisotopic (exact) mass is 317 g/mol. The number of hydrogen-bond donors (Lipinski definition) is 0. The summed E-state index contributed by atoms with van der Waals surface area (Å²) in [5.41, 5.74) is 2.90. The van der Waals surface area contributed by atoms with Crippen molar-refractivity contribution in [3.8, 4) is 0 Å². The van der Waals surface area contributed by atoms with Crippen molar-refractivity contribution in [2.24, 2.45) is 5.92 Å². The van der Waals surface area contributed by atoms with Gasteiger partial charge in [0.15, 0.2) is 0 Å². The molecule has 2 heterocycles. The van der Waals surface area contributed by atoms with Gasteiger partial charge in [0, 0.05) is 39.5 Å². The third kappa shape index (κ3) is 4.14. The third-order valence-electron chi connectivity index (χ3n) is 5.64. The molecule has 0 N–H and O–H groups in total. The lowest BCUT2D eigenvalue weighted by Crippen LogP contribution is -2.47. The Bertz CT molecular complexity index is 477. The van der Waals surface area contributed by atoms with E-state index in [1.54, 1.807) is 0 Å². The normalized spacial score (nSPS) is 24.3. The van der Waals surface area contributed by atoms with Gasteiger partial charge < -0.3 is 9.47 Å². The number of piperidine rings is 1.